The van der Waals surface area contributed by atoms with Crippen LogP contribution in [0.2, 0.25) is 0 Å². The summed E-state index contributed by atoms with van der Waals surface area (Å²) in [4.78, 5) is 8.12. The van der Waals surface area contributed by atoms with E-state index in [0.717, 1.165) is 22.4 Å². The Morgan fingerprint density at radius 2 is 1.53 bits per heavy atom. The number of hydrogen-bond acceptors (Lipinski definition) is 1. The molecule has 0 fully saturated rings. The number of aromatic amines is 1. The van der Waals surface area contributed by atoms with E-state index in [1.165, 1.54) is 10.8 Å². The maximum absolute atomic E-state index is 4.71. The van der Waals surface area contributed by atoms with Crippen LogP contribution in [0.4, 0.5) is 0 Å². The normalized spacial score (nSPS) is 11.2. The Hall–Kier alpha value is -2.61. The van der Waals surface area contributed by atoms with Crippen LogP contribution < -0.4 is 0 Å². The molecule has 0 bridgehead atoms. The molecule has 4 aromatic rings. The fourth-order valence-electron chi connectivity index (χ4n) is 2.43. The maximum Gasteiger partial charge on any atom is 0.0872 e. The molecular formula is C17H12N2. The van der Waals surface area contributed by atoms with Crippen LogP contribution in [0.15, 0.2) is 66.7 Å². The highest BCUT2D eigenvalue weighted by molar-refractivity contribution is 5.87. The Balaban J connectivity index is 1.93. The van der Waals surface area contributed by atoms with Crippen molar-refractivity contribution in [2.45, 2.75) is 0 Å². The first-order valence-corrected chi connectivity index (χ1v) is 6.34. The highest BCUT2D eigenvalue weighted by atomic mass is 14.8. The molecule has 2 aromatic heterocycles. The molecule has 2 heterocycles. The number of aromatic nitrogens is 2. The van der Waals surface area contributed by atoms with E-state index in [1.807, 2.05) is 30.3 Å². The summed E-state index contributed by atoms with van der Waals surface area (Å²) in [6, 6.07) is 22.8. The van der Waals surface area contributed by atoms with Crippen molar-refractivity contribution in [1.82, 2.24) is 9.97 Å². The second-order valence-corrected chi connectivity index (χ2v) is 4.66. The van der Waals surface area contributed by atoms with Crippen molar-refractivity contribution in [2.24, 2.45) is 0 Å². The highest BCUT2D eigenvalue weighted by Crippen LogP contribution is 2.24. The van der Waals surface area contributed by atoms with E-state index in [4.69, 9.17) is 4.98 Å². The number of pyridine rings is 1. The molecule has 90 valence electrons. The lowest BCUT2D eigenvalue weighted by molar-refractivity contribution is 1.34. The quantitative estimate of drug-likeness (QED) is 0.528. The third-order valence-corrected chi connectivity index (χ3v) is 3.40. The van der Waals surface area contributed by atoms with E-state index in [2.05, 4.69) is 41.4 Å². The predicted octanol–water partition coefficient (Wildman–Crippen LogP) is 4.38. The van der Waals surface area contributed by atoms with E-state index in [0.29, 0.717) is 0 Å². The molecule has 0 aliphatic rings. The SMILES string of the molecule is c1ccc2nc(-c3cc4ccccc4[nH]3)ccc2c1. The van der Waals surface area contributed by atoms with Crippen molar-refractivity contribution in [3.05, 3.63) is 66.7 Å². The van der Waals surface area contributed by atoms with Gasteiger partial charge in [-0.05, 0) is 24.3 Å². The summed E-state index contributed by atoms with van der Waals surface area (Å²) in [5, 5.41) is 2.38. The van der Waals surface area contributed by atoms with Crippen LogP contribution in [0, 0.1) is 0 Å². The number of H-pyrrole nitrogens is 1. The van der Waals surface area contributed by atoms with Crippen LogP contribution in [-0.2, 0) is 0 Å². The second-order valence-electron chi connectivity index (χ2n) is 4.66. The monoisotopic (exact) mass is 244 g/mol. The zero-order chi connectivity index (χ0) is 12.7. The van der Waals surface area contributed by atoms with Gasteiger partial charge in [0.2, 0.25) is 0 Å². The average Bonchev–Trinajstić information content (AvgIpc) is 2.90. The maximum atomic E-state index is 4.71. The number of fused-ring (bicyclic) bond motifs is 2. The lowest BCUT2D eigenvalue weighted by Crippen LogP contribution is -1.84. The van der Waals surface area contributed by atoms with Crippen molar-refractivity contribution in [3.8, 4) is 11.4 Å². The number of rotatable bonds is 1. The first-order valence-electron chi connectivity index (χ1n) is 6.34. The van der Waals surface area contributed by atoms with Gasteiger partial charge < -0.3 is 4.98 Å². The lowest BCUT2D eigenvalue weighted by atomic mass is 10.2. The molecule has 0 aliphatic heterocycles. The molecule has 2 aromatic carbocycles. The standard InChI is InChI=1S/C17H12N2/c1-3-7-14-12(5-1)9-10-16(18-14)17-11-13-6-2-4-8-15(13)19-17/h1-11,19H. The molecule has 0 amide bonds. The summed E-state index contributed by atoms with van der Waals surface area (Å²) in [7, 11) is 0. The molecule has 0 spiro atoms. The van der Waals surface area contributed by atoms with Gasteiger partial charge in [-0.15, -0.1) is 0 Å². The summed E-state index contributed by atoms with van der Waals surface area (Å²) < 4.78 is 0. The van der Waals surface area contributed by atoms with Crippen molar-refractivity contribution < 1.29 is 0 Å². The molecule has 0 unspecified atom stereocenters. The van der Waals surface area contributed by atoms with Crippen molar-refractivity contribution in [1.29, 1.82) is 0 Å². The first kappa shape index (κ1) is 10.3. The molecule has 4 rings (SSSR count). The minimum atomic E-state index is 0.981. The zero-order valence-electron chi connectivity index (χ0n) is 10.3. The fourth-order valence-corrected chi connectivity index (χ4v) is 2.43. The van der Waals surface area contributed by atoms with Gasteiger partial charge in [0.25, 0.3) is 0 Å². The summed E-state index contributed by atoms with van der Waals surface area (Å²) >= 11 is 0. The van der Waals surface area contributed by atoms with Crippen LogP contribution >= 0.6 is 0 Å². The summed E-state index contributed by atoms with van der Waals surface area (Å²) in [6.07, 6.45) is 0. The molecule has 0 saturated carbocycles. The summed E-state index contributed by atoms with van der Waals surface area (Å²) in [5.74, 6) is 0. The van der Waals surface area contributed by atoms with Crippen molar-refractivity contribution in [3.63, 3.8) is 0 Å². The molecular weight excluding hydrogens is 232 g/mol. The van der Waals surface area contributed by atoms with Gasteiger partial charge in [-0.3, -0.25) is 0 Å². The average molecular weight is 244 g/mol. The number of nitrogens with zero attached hydrogens (tertiary/aromatic N) is 1. The second kappa shape index (κ2) is 3.95. The van der Waals surface area contributed by atoms with Crippen molar-refractivity contribution in [2.75, 3.05) is 0 Å². The topological polar surface area (TPSA) is 28.7 Å². The van der Waals surface area contributed by atoms with E-state index in [-0.39, 0.29) is 0 Å². The minimum absolute atomic E-state index is 0.981. The third-order valence-electron chi connectivity index (χ3n) is 3.40. The Labute approximate surface area is 110 Å². The van der Waals surface area contributed by atoms with Gasteiger partial charge >= 0.3 is 0 Å². The number of hydrogen-bond donors (Lipinski definition) is 1. The van der Waals surface area contributed by atoms with E-state index in [1.54, 1.807) is 0 Å². The smallest absolute Gasteiger partial charge is 0.0872 e. The van der Waals surface area contributed by atoms with Crippen LogP contribution in [0.25, 0.3) is 33.2 Å². The van der Waals surface area contributed by atoms with Crippen LogP contribution in [-0.4, -0.2) is 9.97 Å². The van der Waals surface area contributed by atoms with Crippen LogP contribution in [0.3, 0.4) is 0 Å². The van der Waals surface area contributed by atoms with Gasteiger partial charge in [0, 0.05) is 16.3 Å². The minimum Gasteiger partial charge on any atom is -0.353 e. The number of para-hydroxylation sites is 2. The number of benzene rings is 2. The molecule has 0 saturated heterocycles. The molecule has 0 atom stereocenters. The Morgan fingerprint density at radius 1 is 0.737 bits per heavy atom. The van der Waals surface area contributed by atoms with E-state index < -0.39 is 0 Å². The largest absolute Gasteiger partial charge is 0.353 e. The van der Waals surface area contributed by atoms with E-state index in [9.17, 15) is 0 Å². The first-order chi connectivity index (χ1) is 9.40. The molecule has 2 heteroatoms. The Kier molecular flexibility index (Phi) is 2.15. The molecule has 2 nitrogen and oxygen atoms in total. The lowest BCUT2D eigenvalue weighted by Gasteiger charge is -2.00. The fraction of sp³-hybridized carbons (Fsp3) is 0. The van der Waals surface area contributed by atoms with Gasteiger partial charge in [0.05, 0.1) is 16.9 Å². The van der Waals surface area contributed by atoms with Crippen LogP contribution in [0.5, 0.6) is 0 Å². The van der Waals surface area contributed by atoms with Gasteiger partial charge in [0.15, 0.2) is 0 Å². The highest BCUT2D eigenvalue weighted by Gasteiger charge is 2.04. The zero-order valence-corrected chi connectivity index (χ0v) is 10.3. The third kappa shape index (κ3) is 1.69. The van der Waals surface area contributed by atoms with Gasteiger partial charge in [-0.2, -0.15) is 0 Å². The van der Waals surface area contributed by atoms with E-state index >= 15 is 0 Å². The number of nitrogens with one attached hydrogen (secondary N) is 1. The molecule has 0 radical (unpaired) electrons. The molecule has 0 aliphatic carbocycles. The Morgan fingerprint density at radius 3 is 2.42 bits per heavy atom. The summed E-state index contributed by atoms with van der Waals surface area (Å²) in [5.41, 5.74) is 4.22. The summed E-state index contributed by atoms with van der Waals surface area (Å²) in [6.45, 7) is 0. The van der Waals surface area contributed by atoms with Crippen molar-refractivity contribution >= 4 is 21.8 Å². The van der Waals surface area contributed by atoms with Gasteiger partial charge in [-0.1, -0.05) is 42.5 Å². The van der Waals surface area contributed by atoms with Crippen LogP contribution in [0.1, 0.15) is 0 Å². The molecule has 19 heavy (non-hydrogen) atoms. The molecule has 1 N–H and O–H groups in total. The predicted molar refractivity (Wildman–Crippen MR) is 79.0 cm³/mol. The Bertz CT molecular complexity index is 841. The van der Waals surface area contributed by atoms with Gasteiger partial charge in [-0.25, -0.2) is 4.98 Å². The van der Waals surface area contributed by atoms with Gasteiger partial charge in [0.1, 0.15) is 0 Å².